The van der Waals surface area contributed by atoms with Crippen molar-refractivity contribution in [3.8, 4) is 0 Å². The SMILES string of the molecule is CNCC(C)C(=O)NCCc1cccc(C(=O)NC)c1. The Kier molecular flexibility index (Phi) is 6.73. The first-order chi connectivity index (χ1) is 9.58. The number of carbonyl (C=O) groups is 2. The van der Waals surface area contributed by atoms with E-state index in [2.05, 4.69) is 16.0 Å². The van der Waals surface area contributed by atoms with E-state index >= 15 is 0 Å². The molecule has 0 saturated carbocycles. The van der Waals surface area contributed by atoms with Crippen LogP contribution in [0.3, 0.4) is 0 Å². The average Bonchev–Trinajstić information content (AvgIpc) is 2.46. The number of amides is 2. The van der Waals surface area contributed by atoms with Gasteiger partial charge in [0.25, 0.3) is 5.91 Å². The van der Waals surface area contributed by atoms with E-state index in [1.165, 1.54) is 0 Å². The Hall–Kier alpha value is -1.88. The van der Waals surface area contributed by atoms with Gasteiger partial charge in [-0.05, 0) is 31.2 Å². The standard InChI is InChI=1S/C15H23N3O2/c1-11(10-16-2)14(19)18-8-7-12-5-4-6-13(9-12)15(20)17-3/h4-6,9,11,16H,7-8,10H2,1-3H3,(H,17,20)(H,18,19). The van der Waals surface area contributed by atoms with Crippen molar-refractivity contribution in [2.24, 2.45) is 5.92 Å². The van der Waals surface area contributed by atoms with Crippen LogP contribution in [0, 0.1) is 5.92 Å². The molecule has 110 valence electrons. The minimum absolute atomic E-state index is 0.0433. The lowest BCUT2D eigenvalue weighted by Crippen LogP contribution is -2.35. The molecule has 20 heavy (non-hydrogen) atoms. The van der Waals surface area contributed by atoms with Crippen LogP contribution in [0.5, 0.6) is 0 Å². The van der Waals surface area contributed by atoms with Crippen molar-refractivity contribution in [1.29, 1.82) is 0 Å². The summed E-state index contributed by atoms with van der Waals surface area (Å²) in [5, 5.41) is 8.47. The third kappa shape index (κ3) is 5.01. The van der Waals surface area contributed by atoms with Gasteiger partial charge in [0, 0.05) is 31.6 Å². The third-order valence-electron chi connectivity index (χ3n) is 3.09. The molecule has 0 aliphatic heterocycles. The summed E-state index contributed by atoms with van der Waals surface area (Å²) in [6, 6.07) is 7.43. The van der Waals surface area contributed by atoms with Crippen LogP contribution in [0.15, 0.2) is 24.3 Å². The Morgan fingerprint density at radius 2 is 2.00 bits per heavy atom. The molecule has 5 nitrogen and oxygen atoms in total. The highest BCUT2D eigenvalue weighted by Crippen LogP contribution is 2.05. The van der Waals surface area contributed by atoms with Crippen LogP contribution < -0.4 is 16.0 Å². The molecule has 5 heteroatoms. The summed E-state index contributed by atoms with van der Waals surface area (Å²) in [6.45, 7) is 3.13. The van der Waals surface area contributed by atoms with E-state index in [9.17, 15) is 9.59 Å². The van der Waals surface area contributed by atoms with Crippen molar-refractivity contribution in [2.75, 3.05) is 27.2 Å². The van der Waals surface area contributed by atoms with Crippen LogP contribution in [0.25, 0.3) is 0 Å². The van der Waals surface area contributed by atoms with Gasteiger partial charge in [-0.2, -0.15) is 0 Å². The fourth-order valence-corrected chi connectivity index (χ4v) is 1.92. The van der Waals surface area contributed by atoms with E-state index in [-0.39, 0.29) is 17.7 Å². The van der Waals surface area contributed by atoms with Crippen LogP contribution in [-0.4, -0.2) is 39.0 Å². The zero-order chi connectivity index (χ0) is 15.0. The van der Waals surface area contributed by atoms with Crippen molar-refractivity contribution < 1.29 is 9.59 Å². The molecule has 0 aliphatic rings. The van der Waals surface area contributed by atoms with Gasteiger partial charge in [-0.3, -0.25) is 9.59 Å². The topological polar surface area (TPSA) is 70.2 Å². The molecule has 1 aromatic rings. The fourth-order valence-electron chi connectivity index (χ4n) is 1.92. The largest absolute Gasteiger partial charge is 0.355 e. The Morgan fingerprint density at radius 1 is 1.25 bits per heavy atom. The Balaban J connectivity index is 2.46. The van der Waals surface area contributed by atoms with E-state index in [0.717, 1.165) is 5.56 Å². The lowest BCUT2D eigenvalue weighted by Gasteiger charge is -2.11. The molecule has 3 N–H and O–H groups in total. The first kappa shape index (κ1) is 16.2. The van der Waals surface area contributed by atoms with Gasteiger partial charge in [0.05, 0.1) is 0 Å². The number of nitrogens with one attached hydrogen (secondary N) is 3. The molecule has 0 fully saturated rings. The number of benzene rings is 1. The van der Waals surface area contributed by atoms with Crippen LogP contribution in [0.1, 0.15) is 22.8 Å². The van der Waals surface area contributed by atoms with Gasteiger partial charge in [0.15, 0.2) is 0 Å². The highest BCUT2D eigenvalue weighted by molar-refractivity contribution is 5.94. The second kappa shape index (κ2) is 8.32. The van der Waals surface area contributed by atoms with E-state index in [1.54, 1.807) is 13.1 Å². The van der Waals surface area contributed by atoms with E-state index in [0.29, 0.717) is 25.1 Å². The molecule has 0 bridgehead atoms. The predicted octanol–water partition coefficient (Wildman–Crippen LogP) is 0.560. The minimum atomic E-state index is -0.0986. The summed E-state index contributed by atoms with van der Waals surface area (Å²) >= 11 is 0. The predicted molar refractivity (Wildman–Crippen MR) is 79.6 cm³/mol. The van der Waals surface area contributed by atoms with E-state index < -0.39 is 0 Å². The second-order valence-electron chi connectivity index (χ2n) is 4.78. The molecule has 2 amide bonds. The normalized spacial score (nSPS) is 11.8. The summed E-state index contributed by atoms with van der Waals surface area (Å²) in [7, 11) is 3.44. The van der Waals surface area contributed by atoms with Crippen molar-refractivity contribution in [3.63, 3.8) is 0 Å². The summed E-state index contributed by atoms with van der Waals surface area (Å²) in [5.41, 5.74) is 1.67. The molecule has 1 aromatic carbocycles. The van der Waals surface area contributed by atoms with Crippen LogP contribution in [0.4, 0.5) is 0 Å². The molecule has 1 unspecified atom stereocenters. The second-order valence-corrected chi connectivity index (χ2v) is 4.78. The summed E-state index contributed by atoms with van der Waals surface area (Å²) in [5.74, 6) is -0.0995. The molecular weight excluding hydrogens is 254 g/mol. The van der Waals surface area contributed by atoms with Crippen molar-refractivity contribution >= 4 is 11.8 Å². The Morgan fingerprint density at radius 3 is 2.65 bits per heavy atom. The molecule has 0 radical (unpaired) electrons. The highest BCUT2D eigenvalue weighted by atomic mass is 16.2. The zero-order valence-electron chi connectivity index (χ0n) is 12.3. The number of carbonyl (C=O) groups excluding carboxylic acids is 2. The van der Waals surface area contributed by atoms with Crippen LogP contribution in [-0.2, 0) is 11.2 Å². The third-order valence-corrected chi connectivity index (χ3v) is 3.09. The summed E-state index contributed by atoms with van der Waals surface area (Å²) in [6.07, 6.45) is 0.711. The molecule has 1 rings (SSSR count). The van der Waals surface area contributed by atoms with Gasteiger partial charge in [0.1, 0.15) is 0 Å². The molecule has 0 aromatic heterocycles. The fraction of sp³-hybridized carbons (Fsp3) is 0.467. The Labute approximate surface area is 120 Å². The molecule has 0 saturated heterocycles. The zero-order valence-corrected chi connectivity index (χ0v) is 12.3. The quantitative estimate of drug-likeness (QED) is 0.682. The maximum atomic E-state index is 11.7. The molecule has 0 heterocycles. The first-order valence-corrected chi connectivity index (χ1v) is 6.81. The van der Waals surface area contributed by atoms with Gasteiger partial charge in [0.2, 0.25) is 5.91 Å². The molecule has 0 spiro atoms. The van der Waals surface area contributed by atoms with Crippen LogP contribution in [0.2, 0.25) is 0 Å². The smallest absolute Gasteiger partial charge is 0.251 e. The Bertz CT molecular complexity index is 460. The van der Waals surface area contributed by atoms with Crippen LogP contribution >= 0.6 is 0 Å². The van der Waals surface area contributed by atoms with Gasteiger partial charge in [-0.1, -0.05) is 19.1 Å². The van der Waals surface area contributed by atoms with Gasteiger partial charge >= 0.3 is 0 Å². The lowest BCUT2D eigenvalue weighted by atomic mass is 10.1. The van der Waals surface area contributed by atoms with Gasteiger partial charge < -0.3 is 16.0 Å². The van der Waals surface area contributed by atoms with Gasteiger partial charge in [-0.25, -0.2) is 0 Å². The van der Waals surface area contributed by atoms with E-state index in [1.807, 2.05) is 32.2 Å². The van der Waals surface area contributed by atoms with Crippen molar-refractivity contribution in [1.82, 2.24) is 16.0 Å². The first-order valence-electron chi connectivity index (χ1n) is 6.81. The highest BCUT2D eigenvalue weighted by Gasteiger charge is 2.10. The monoisotopic (exact) mass is 277 g/mol. The molecule has 0 aliphatic carbocycles. The van der Waals surface area contributed by atoms with Crippen molar-refractivity contribution in [3.05, 3.63) is 35.4 Å². The maximum absolute atomic E-state index is 11.7. The number of rotatable bonds is 7. The number of hydrogen-bond donors (Lipinski definition) is 3. The maximum Gasteiger partial charge on any atom is 0.251 e. The summed E-state index contributed by atoms with van der Waals surface area (Å²) < 4.78 is 0. The average molecular weight is 277 g/mol. The molecule has 1 atom stereocenters. The van der Waals surface area contributed by atoms with E-state index in [4.69, 9.17) is 0 Å². The van der Waals surface area contributed by atoms with Crippen molar-refractivity contribution in [2.45, 2.75) is 13.3 Å². The lowest BCUT2D eigenvalue weighted by molar-refractivity contribution is -0.124. The summed E-state index contributed by atoms with van der Waals surface area (Å²) in [4.78, 5) is 23.3. The number of hydrogen-bond acceptors (Lipinski definition) is 3. The minimum Gasteiger partial charge on any atom is -0.355 e. The van der Waals surface area contributed by atoms with Gasteiger partial charge in [-0.15, -0.1) is 0 Å². The molecular formula is C15H23N3O2.